The summed E-state index contributed by atoms with van der Waals surface area (Å²) < 4.78 is 16.8. The van der Waals surface area contributed by atoms with Gasteiger partial charge >= 0.3 is 18.2 Å². The first-order chi connectivity index (χ1) is 24.4. The zero-order valence-corrected chi connectivity index (χ0v) is 29.7. The minimum atomic E-state index is -0.909. The van der Waals surface area contributed by atoms with Crippen molar-refractivity contribution in [1.29, 1.82) is 0 Å². The second-order valence-corrected chi connectivity index (χ2v) is 14.8. The van der Waals surface area contributed by atoms with Gasteiger partial charge in [-0.05, 0) is 56.4 Å². The summed E-state index contributed by atoms with van der Waals surface area (Å²) in [5.74, 6) is -1.10. The van der Waals surface area contributed by atoms with Gasteiger partial charge in [-0.15, -0.1) is 11.8 Å². The summed E-state index contributed by atoms with van der Waals surface area (Å²) in [5, 5.41) is 2.08. The second-order valence-electron chi connectivity index (χ2n) is 13.7. The van der Waals surface area contributed by atoms with E-state index in [0.29, 0.717) is 43.6 Å². The van der Waals surface area contributed by atoms with Crippen LogP contribution in [0.2, 0.25) is 0 Å². The molecular formula is C38H42N4O8S. The molecular weight excluding hydrogens is 673 g/mol. The molecule has 3 fully saturated rings. The van der Waals surface area contributed by atoms with Crippen LogP contribution in [0.1, 0.15) is 50.8 Å². The Labute approximate surface area is 301 Å². The molecule has 6 rings (SSSR count). The van der Waals surface area contributed by atoms with Crippen molar-refractivity contribution in [2.45, 2.75) is 62.8 Å². The van der Waals surface area contributed by atoms with Gasteiger partial charge in [0.2, 0.25) is 5.91 Å². The van der Waals surface area contributed by atoms with E-state index in [1.165, 1.54) is 22.7 Å². The third-order valence-corrected chi connectivity index (χ3v) is 10.3. The van der Waals surface area contributed by atoms with Gasteiger partial charge in [-0.25, -0.2) is 14.4 Å². The van der Waals surface area contributed by atoms with Crippen LogP contribution >= 0.6 is 11.8 Å². The summed E-state index contributed by atoms with van der Waals surface area (Å²) in [6.07, 6.45) is 2.32. The van der Waals surface area contributed by atoms with E-state index >= 15 is 0 Å². The number of rotatable bonds is 9. The molecule has 0 aliphatic carbocycles. The highest BCUT2D eigenvalue weighted by Gasteiger charge is 2.55. The maximum Gasteiger partial charge on any atom is 0.410 e. The van der Waals surface area contributed by atoms with Gasteiger partial charge in [-0.3, -0.25) is 14.5 Å². The quantitative estimate of drug-likeness (QED) is 0.126. The molecule has 2 aromatic rings. The number of ether oxygens (including phenoxy) is 3. The summed E-state index contributed by atoms with van der Waals surface area (Å²) in [6.45, 7) is 10.2. The van der Waals surface area contributed by atoms with Crippen LogP contribution in [0.3, 0.4) is 0 Å². The molecule has 3 atom stereocenters. The summed E-state index contributed by atoms with van der Waals surface area (Å²) in [6, 6.07) is 17.6. The number of hydrogen-bond donors (Lipinski definition) is 1. The van der Waals surface area contributed by atoms with Crippen LogP contribution < -0.4 is 5.32 Å². The zero-order valence-electron chi connectivity index (χ0n) is 28.9. The largest absolute Gasteiger partial charge is 0.448 e. The highest BCUT2D eigenvalue weighted by Crippen LogP contribution is 2.43. The lowest BCUT2D eigenvalue weighted by molar-refractivity contribution is -0.153. The highest BCUT2D eigenvalue weighted by molar-refractivity contribution is 8.00. The Morgan fingerprint density at radius 1 is 1.02 bits per heavy atom. The lowest BCUT2D eigenvalue weighted by Gasteiger charge is -2.49. The molecule has 13 heteroatoms. The van der Waals surface area contributed by atoms with Crippen LogP contribution in [0.15, 0.2) is 96.2 Å². The molecule has 4 amide bonds. The van der Waals surface area contributed by atoms with Gasteiger partial charge in [0.1, 0.15) is 29.3 Å². The maximum absolute atomic E-state index is 14.3. The molecule has 4 heterocycles. The molecule has 51 heavy (non-hydrogen) atoms. The number of nitrogens with one attached hydrogen (secondary N) is 1. The number of nitrogens with zero attached hydrogens (tertiary/aromatic N) is 3. The number of carbonyl (C=O) groups excluding carboxylic acids is 5. The number of allylic oxidation sites excluding steroid dienone is 1. The van der Waals surface area contributed by atoms with Crippen LogP contribution in [0.25, 0.3) is 0 Å². The highest BCUT2D eigenvalue weighted by atomic mass is 32.2. The fourth-order valence-electron chi connectivity index (χ4n) is 6.63. The summed E-state index contributed by atoms with van der Waals surface area (Å²) >= 11 is 1.38. The number of β-lactam (4-membered cyclic amide) rings is 1. The Hall–Kier alpha value is -5.04. The van der Waals surface area contributed by atoms with Crippen molar-refractivity contribution < 1.29 is 38.2 Å². The number of fused-ring (bicyclic) bond motifs is 1. The summed E-state index contributed by atoms with van der Waals surface area (Å²) in [4.78, 5) is 71.6. The average Bonchev–Trinajstić information content (AvgIpc) is 3.75. The van der Waals surface area contributed by atoms with E-state index in [-0.39, 0.29) is 30.0 Å². The molecule has 0 saturated carbocycles. The Kier molecular flexibility index (Phi) is 10.6. The summed E-state index contributed by atoms with van der Waals surface area (Å²) in [7, 11) is 0. The molecule has 3 saturated heterocycles. The Bertz CT molecular complexity index is 1720. The van der Waals surface area contributed by atoms with E-state index in [9.17, 15) is 24.0 Å². The van der Waals surface area contributed by atoms with Gasteiger partial charge < -0.3 is 29.3 Å². The van der Waals surface area contributed by atoms with Gasteiger partial charge in [0.05, 0.1) is 6.04 Å². The monoisotopic (exact) mass is 714 g/mol. The zero-order chi connectivity index (χ0) is 36.3. The SMILES string of the molecule is C=CCOC(=O)N1CC[C@H](N2CCC(=CC3=C(C(=O)OC(c4ccccc4)c4ccccc4)N4C(=O)C(NC(=O)OC(C)(C)C)C4SC3)C2=O)C1. The minimum absolute atomic E-state index is 0.0404. The Morgan fingerprint density at radius 3 is 2.31 bits per heavy atom. The number of benzene rings is 2. The lowest BCUT2D eigenvalue weighted by atomic mass is 10.00. The number of carbonyl (C=O) groups is 5. The molecule has 2 unspecified atom stereocenters. The van der Waals surface area contributed by atoms with Crippen molar-refractivity contribution in [3.8, 4) is 0 Å². The molecule has 12 nitrogen and oxygen atoms in total. The molecule has 0 aromatic heterocycles. The fraction of sp³-hybridized carbons (Fsp3) is 0.395. The molecule has 0 spiro atoms. The second kappa shape index (κ2) is 15.1. The summed E-state index contributed by atoms with van der Waals surface area (Å²) in [5.41, 5.74) is 1.76. The van der Waals surface area contributed by atoms with Crippen molar-refractivity contribution in [2.75, 3.05) is 32.0 Å². The first kappa shape index (κ1) is 35.8. The van der Waals surface area contributed by atoms with Crippen molar-refractivity contribution >= 4 is 41.7 Å². The molecule has 0 bridgehead atoms. The van der Waals surface area contributed by atoms with Crippen molar-refractivity contribution in [2.24, 2.45) is 0 Å². The van der Waals surface area contributed by atoms with Crippen molar-refractivity contribution in [3.63, 3.8) is 0 Å². The van der Waals surface area contributed by atoms with Gasteiger partial charge in [0, 0.05) is 31.0 Å². The van der Waals surface area contributed by atoms with Crippen LogP contribution in [0.4, 0.5) is 9.59 Å². The average molecular weight is 715 g/mol. The number of likely N-dealkylation sites (tertiary alicyclic amines) is 2. The number of esters is 1. The van der Waals surface area contributed by atoms with Gasteiger partial charge in [0.25, 0.3) is 5.91 Å². The minimum Gasteiger partial charge on any atom is -0.448 e. The number of hydrogen-bond acceptors (Lipinski definition) is 9. The van der Waals surface area contributed by atoms with Crippen LogP contribution in [-0.4, -0.2) is 99.7 Å². The van der Waals surface area contributed by atoms with E-state index in [2.05, 4.69) is 11.9 Å². The van der Waals surface area contributed by atoms with Gasteiger partial charge in [-0.1, -0.05) is 73.3 Å². The normalized spacial score (nSPS) is 22.5. The van der Waals surface area contributed by atoms with E-state index in [4.69, 9.17) is 14.2 Å². The number of thioether (sulfide) groups is 1. The third-order valence-electron chi connectivity index (χ3n) is 8.99. The van der Waals surface area contributed by atoms with E-state index in [1.807, 2.05) is 60.7 Å². The number of alkyl carbamates (subject to hydrolysis) is 1. The smallest absolute Gasteiger partial charge is 0.410 e. The van der Waals surface area contributed by atoms with E-state index < -0.39 is 47.2 Å². The first-order valence-electron chi connectivity index (χ1n) is 17.0. The Morgan fingerprint density at radius 2 is 1.69 bits per heavy atom. The maximum atomic E-state index is 14.3. The third kappa shape index (κ3) is 7.83. The topological polar surface area (TPSA) is 135 Å². The molecule has 0 radical (unpaired) electrons. The lowest BCUT2D eigenvalue weighted by Crippen LogP contribution is -2.70. The van der Waals surface area contributed by atoms with Crippen molar-refractivity contribution in [3.05, 3.63) is 107 Å². The van der Waals surface area contributed by atoms with Gasteiger partial charge in [-0.2, -0.15) is 0 Å². The number of amides is 4. The molecule has 2 aromatic carbocycles. The van der Waals surface area contributed by atoms with Crippen molar-refractivity contribution in [1.82, 2.24) is 20.0 Å². The van der Waals surface area contributed by atoms with E-state index in [1.54, 1.807) is 36.6 Å². The molecule has 1 N–H and O–H groups in total. The molecule has 268 valence electrons. The predicted molar refractivity (Wildman–Crippen MR) is 190 cm³/mol. The predicted octanol–water partition coefficient (Wildman–Crippen LogP) is 4.94. The molecule has 4 aliphatic heterocycles. The standard InChI is InChI=1S/C38H42N4O8S/c1-5-20-48-37(47)40-18-17-28(22-40)41-19-16-26(32(41)43)21-27-23-51-34-29(39-36(46)50-38(2,3)4)33(44)42(34)30(27)35(45)49-31(24-12-8-6-9-13-24)25-14-10-7-11-15-25/h5-15,21,28-29,31,34H,1,16-20,22-23H2,2-4H3,(H,39,46)/t28-,29?,34?/m0/s1. The Balaban J connectivity index is 1.28. The molecule has 4 aliphatic rings. The fourth-order valence-corrected chi connectivity index (χ4v) is 7.94. The first-order valence-corrected chi connectivity index (χ1v) is 18.0. The van der Waals surface area contributed by atoms with Crippen LogP contribution in [-0.2, 0) is 28.6 Å². The van der Waals surface area contributed by atoms with Crippen LogP contribution in [0.5, 0.6) is 0 Å². The van der Waals surface area contributed by atoms with E-state index in [0.717, 1.165) is 11.1 Å². The van der Waals surface area contributed by atoms with Gasteiger partial charge in [0.15, 0.2) is 6.10 Å². The van der Waals surface area contributed by atoms with Crippen LogP contribution in [0, 0.1) is 0 Å².